The van der Waals surface area contributed by atoms with Crippen LogP contribution in [0.4, 0.5) is 4.79 Å². The minimum Gasteiger partial charge on any atom is -0.445 e. The van der Waals surface area contributed by atoms with Gasteiger partial charge in [0.2, 0.25) is 0 Å². The van der Waals surface area contributed by atoms with E-state index >= 15 is 0 Å². The molecular weight excluding hydrogens is 278 g/mol. The smallest absolute Gasteiger partial charge is 0.411 e. The molecule has 1 aliphatic heterocycles. The maximum atomic E-state index is 11.8. The largest absolute Gasteiger partial charge is 0.445 e. The van der Waals surface area contributed by atoms with Crippen molar-refractivity contribution in [2.75, 3.05) is 12.4 Å². The molecule has 0 saturated carbocycles. The van der Waals surface area contributed by atoms with Gasteiger partial charge < -0.3 is 9.47 Å². The summed E-state index contributed by atoms with van der Waals surface area (Å²) in [5, 5.41) is -0.134. The van der Waals surface area contributed by atoms with Crippen molar-refractivity contribution in [1.29, 1.82) is 0 Å². The van der Waals surface area contributed by atoms with Crippen molar-refractivity contribution in [3.63, 3.8) is 0 Å². The van der Waals surface area contributed by atoms with Crippen molar-refractivity contribution in [3.05, 3.63) is 12.7 Å². The van der Waals surface area contributed by atoms with Crippen LogP contribution in [0.2, 0.25) is 0 Å². The lowest BCUT2D eigenvalue weighted by atomic mass is 10.3. The van der Waals surface area contributed by atoms with Gasteiger partial charge in [-0.25, -0.2) is 9.59 Å². The Morgan fingerprint density at radius 1 is 1.67 bits per heavy atom. The van der Waals surface area contributed by atoms with Crippen LogP contribution in [0.25, 0.3) is 0 Å². The highest BCUT2D eigenvalue weighted by molar-refractivity contribution is 8.00. The summed E-state index contributed by atoms with van der Waals surface area (Å²) in [5.74, 6) is -0.0304. The standard InChI is InChI=1S/C11H16ClNO4S/c1-4-5-16-11(15)13-8(3)18-6-9(13)10(14)17-7(2)12/h4,7-9H,1,5-6H2,2-3H3. The molecule has 102 valence electrons. The van der Waals surface area contributed by atoms with Gasteiger partial charge in [0.15, 0.2) is 5.56 Å². The van der Waals surface area contributed by atoms with Crippen LogP contribution in [0.3, 0.4) is 0 Å². The Labute approximate surface area is 115 Å². The minimum atomic E-state index is -0.718. The topological polar surface area (TPSA) is 55.8 Å². The van der Waals surface area contributed by atoms with Crippen molar-refractivity contribution in [2.45, 2.75) is 30.8 Å². The number of nitrogens with zero attached hydrogens (tertiary/aromatic N) is 1. The lowest BCUT2D eigenvalue weighted by Gasteiger charge is -2.25. The fourth-order valence-corrected chi connectivity index (χ4v) is 2.78. The van der Waals surface area contributed by atoms with Gasteiger partial charge in [-0.05, 0) is 13.8 Å². The average Bonchev–Trinajstić information content (AvgIpc) is 2.67. The Bertz CT molecular complexity index is 337. The van der Waals surface area contributed by atoms with Gasteiger partial charge in [-0.1, -0.05) is 24.3 Å². The third kappa shape index (κ3) is 3.81. The van der Waals surface area contributed by atoms with E-state index in [1.807, 2.05) is 6.92 Å². The molecule has 1 amide bonds. The van der Waals surface area contributed by atoms with Crippen LogP contribution in [0, 0.1) is 0 Å². The van der Waals surface area contributed by atoms with E-state index < -0.39 is 23.7 Å². The number of hydrogen-bond acceptors (Lipinski definition) is 5. The summed E-state index contributed by atoms with van der Waals surface area (Å²) in [6.07, 6.45) is 0.927. The molecule has 1 heterocycles. The maximum Gasteiger partial charge on any atom is 0.411 e. The van der Waals surface area contributed by atoms with E-state index in [1.165, 1.54) is 22.7 Å². The lowest BCUT2D eigenvalue weighted by Crippen LogP contribution is -2.46. The third-order valence-corrected chi connectivity index (χ3v) is 3.62. The number of carbonyl (C=O) groups excluding carboxylic acids is 2. The van der Waals surface area contributed by atoms with Crippen molar-refractivity contribution in [1.82, 2.24) is 4.90 Å². The number of rotatable bonds is 4. The number of halogens is 1. The monoisotopic (exact) mass is 293 g/mol. The Morgan fingerprint density at radius 3 is 2.89 bits per heavy atom. The normalized spacial score (nSPS) is 24.5. The first-order valence-electron chi connectivity index (χ1n) is 5.49. The van der Waals surface area contributed by atoms with Gasteiger partial charge in [0.05, 0.1) is 5.37 Å². The van der Waals surface area contributed by atoms with Crippen LogP contribution in [0.1, 0.15) is 13.8 Å². The van der Waals surface area contributed by atoms with Crippen molar-refractivity contribution in [3.8, 4) is 0 Å². The Morgan fingerprint density at radius 2 is 2.33 bits per heavy atom. The first-order valence-corrected chi connectivity index (χ1v) is 6.98. The molecule has 0 aliphatic carbocycles. The first-order chi connectivity index (χ1) is 8.47. The second kappa shape index (κ2) is 6.89. The molecule has 1 rings (SSSR count). The second-order valence-corrected chi connectivity index (χ2v) is 5.66. The lowest BCUT2D eigenvalue weighted by molar-refractivity contribution is -0.149. The molecule has 0 radical (unpaired) electrons. The molecule has 7 heteroatoms. The van der Waals surface area contributed by atoms with E-state index in [1.54, 1.807) is 6.92 Å². The number of carbonyl (C=O) groups is 2. The highest BCUT2D eigenvalue weighted by atomic mass is 35.5. The fraction of sp³-hybridized carbons (Fsp3) is 0.636. The Kier molecular flexibility index (Phi) is 5.81. The number of ether oxygens (including phenoxy) is 2. The molecular formula is C11H16ClNO4S. The van der Waals surface area contributed by atoms with Crippen molar-refractivity contribution < 1.29 is 19.1 Å². The summed E-state index contributed by atoms with van der Waals surface area (Å²) in [7, 11) is 0. The molecule has 0 aromatic heterocycles. The fourth-order valence-electron chi connectivity index (χ4n) is 1.55. The van der Waals surface area contributed by atoms with Crippen LogP contribution in [0.5, 0.6) is 0 Å². The average molecular weight is 294 g/mol. The van der Waals surface area contributed by atoms with Crippen LogP contribution in [-0.2, 0) is 14.3 Å². The molecule has 0 spiro atoms. The first kappa shape index (κ1) is 15.2. The molecule has 0 aromatic carbocycles. The van der Waals surface area contributed by atoms with Gasteiger partial charge in [0.25, 0.3) is 0 Å². The van der Waals surface area contributed by atoms with E-state index in [-0.39, 0.29) is 12.0 Å². The maximum absolute atomic E-state index is 11.8. The van der Waals surface area contributed by atoms with Gasteiger partial charge in [0, 0.05) is 5.75 Å². The Balaban J connectivity index is 2.69. The molecule has 18 heavy (non-hydrogen) atoms. The number of alkyl halides is 1. The van der Waals surface area contributed by atoms with Crippen molar-refractivity contribution in [2.24, 2.45) is 0 Å². The van der Waals surface area contributed by atoms with E-state index in [0.717, 1.165) is 0 Å². The summed E-state index contributed by atoms with van der Waals surface area (Å²) in [5.41, 5.74) is -0.718. The van der Waals surface area contributed by atoms with Crippen LogP contribution in [-0.4, -0.2) is 46.3 Å². The van der Waals surface area contributed by atoms with Crippen LogP contribution >= 0.6 is 23.4 Å². The van der Waals surface area contributed by atoms with E-state index in [0.29, 0.717) is 5.75 Å². The van der Waals surface area contributed by atoms with E-state index in [4.69, 9.17) is 21.1 Å². The molecule has 3 unspecified atom stereocenters. The van der Waals surface area contributed by atoms with E-state index in [2.05, 4.69) is 6.58 Å². The number of thioether (sulfide) groups is 1. The van der Waals surface area contributed by atoms with Crippen LogP contribution < -0.4 is 0 Å². The molecule has 1 fully saturated rings. The predicted octanol–water partition coefficient (Wildman–Crippen LogP) is 2.20. The number of hydrogen-bond donors (Lipinski definition) is 0. The van der Waals surface area contributed by atoms with Gasteiger partial charge >= 0.3 is 12.1 Å². The highest BCUT2D eigenvalue weighted by Gasteiger charge is 2.41. The summed E-state index contributed by atoms with van der Waals surface area (Å²) in [6, 6.07) is -0.650. The summed E-state index contributed by atoms with van der Waals surface area (Å²) in [4.78, 5) is 25.0. The molecule has 1 saturated heterocycles. The molecule has 0 aromatic rings. The zero-order valence-electron chi connectivity index (χ0n) is 10.3. The van der Waals surface area contributed by atoms with Gasteiger partial charge in [-0.2, -0.15) is 0 Å². The molecule has 3 atom stereocenters. The highest BCUT2D eigenvalue weighted by Crippen LogP contribution is 2.30. The zero-order chi connectivity index (χ0) is 13.7. The van der Waals surface area contributed by atoms with E-state index in [9.17, 15) is 9.59 Å². The SMILES string of the molecule is C=CCOC(=O)N1C(C)SCC1C(=O)OC(C)Cl. The predicted molar refractivity (Wildman–Crippen MR) is 70.5 cm³/mol. The second-order valence-electron chi connectivity index (χ2n) is 3.70. The molecule has 0 bridgehead atoms. The number of esters is 1. The summed E-state index contributed by atoms with van der Waals surface area (Å²) in [6.45, 7) is 6.95. The zero-order valence-corrected chi connectivity index (χ0v) is 11.9. The summed E-state index contributed by atoms with van der Waals surface area (Å²) < 4.78 is 9.86. The van der Waals surface area contributed by atoms with Crippen molar-refractivity contribution >= 4 is 35.4 Å². The molecule has 1 aliphatic rings. The van der Waals surface area contributed by atoms with Gasteiger partial charge in [0.1, 0.15) is 12.6 Å². The Hall–Kier alpha value is -0.880. The number of amides is 1. The summed E-state index contributed by atoms with van der Waals surface area (Å²) >= 11 is 7.09. The van der Waals surface area contributed by atoms with Crippen LogP contribution in [0.15, 0.2) is 12.7 Å². The molecule has 0 N–H and O–H groups in total. The minimum absolute atomic E-state index is 0.112. The molecule has 5 nitrogen and oxygen atoms in total. The van der Waals surface area contributed by atoms with Gasteiger partial charge in [-0.15, -0.1) is 11.8 Å². The quantitative estimate of drug-likeness (QED) is 0.452. The van der Waals surface area contributed by atoms with Gasteiger partial charge in [-0.3, -0.25) is 4.90 Å². The third-order valence-electron chi connectivity index (χ3n) is 2.31.